The second kappa shape index (κ2) is 10.4. The summed E-state index contributed by atoms with van der Waals surface area (Å²) in [6.07, 6.45) is 8.01. The number of esters is 1. The molecule has 0 aliphatic carbocycles. The van der Waals surface area contributed by atoms with Crippen molar-refractivity contribution in [2.45, 2.75) is 60.0 Å². The quantitative estimate of drug-likeness (QED) is 0.541. The van der Waals surface area contributed by atoms with E-state index in [4.69, 9.17) is 4.74 Å². The zero-order chi connectivity index (χ0) is 15.5. The summed E-state index contributed by atoms with van der Waals surface area (Å²) in [7, 11) is 0. The topological polar surface area (TPSA) is 46.5 Å². The summed E-state index contributed by atoms with van der Waals surface area (Å²) in [6.45, 7) is 9.81. The van der Waals surface area contributed by atoms with Gasteiger partial charge in [-0.2, -0.15) is 0 Å². The van der Waals surface area contributed by atoms with E-state index in [9.17, 15) is 9.90 Å². The van der Waals surface area contributed by atoms with Gasteiger partial charge in [0, 0.05) is 6.92 Å². The molecule has 1 atom stereocenters. The first kappa shape index (κ1) is 18.7. The number of carbonyl (C=O) groups excluding carboxylic acids is 1. The number of hydrogen-bond donors (Lipinski definition) is 1. The van der Waals surface area contributed by atoms with Crippen LogP contribution in [0.2, 0.25) is 0 Å². The molecular formula is C17H28O3. The minimum Gasteiger partial charge on any atom is -0.462 e. The summed E-state index contributed by atoms with van der Waals surface area (Å²) in [4.78, 5) is 10.6. The molecule has 0 aromatic rings. The molecule has 3 heteroatoms. The molecule has 0 aliphatic rings. The lowest BCUT2D eigenvalue weighted by molar-refractivity contribution is -0.139. The van der Waals surface area contributed by atoms with Gasteiger partial charge in [-0.05, 0) is 53.0 Å². The summed E-state index contributed by atoms with van der Waals surface area (Å²) in [5.41, 5.74) is 3.54. The van der Waals surface area contributed by atoms with E-state index in [1.165, 1.54) is 18.1 Å². The third kappa shape index (κ3) is 11.7. The minimum atomic E-state index is -0.477. The monoisotopic (exact) mass is 280 g/mol. The van der Waals surface area contributed by atoms with Gasteiger partial charge in [0.25, 0.3) is 0 Å². The molecule has 0 aromatic carbocycles. The number of carbonyl (C=O) groups is 1. The van der Waals surface area contributed by atoms with E-state index in [-0.39, 0.29) is 12.6 Å². The Balaban J connectivity index is 4.15. The van der Waals surface area contributed by atoms with E-state index < -0.39 is 6.10 Å². The zero-order valence-electron chi connectivity index (χ0n) is 13.4. The van der Waals surface area contributed by atoms with Crippen LogP contribution in [0.3, 0.4) is 0 Å². The predicted octanol–water partition coefficient (Wildman–Crippen LogP) is 3.94. The Morgan fingerprint density at radius 1 is 1.10 bits per heavy atom. The average Bonchev–Trinajstić information content (AvgIpc) is 2.26. The normalized spacial score (nSPS) is 13.9. The van der Waals surface area contributed by atoms with Gasteiger partial charge in [-0.3, -0.25) is 4.79 Å². The van der Waals surface area contributed by atoms with Crippen LogP contribution in [0.4, 0.5) is 0 Å². The maximum absolute atomic E-state index is 10.6. The number of aliphatic hydroxyl groups excluding tert-OH is 1. The Labute approximate surface area is 123 Å². The third-order valence-corrected chi connectivity index (χ3v) is 2.82. The molecule has 0 amide bonds. The fourth-order valence-electron chi connectivity index (χ4n) is 1.77. The Bertz CT molecular complexity index is 385. The smallest absolute Gasteiger partial charge is 0.302 e. The van der Waals surface area contributed by atoms with Crippen LogP contribution in [0.1, 0.15) is 53.9 Å². The van der Waals surface area contributed by atoms with Crippen LogP contribution in [-0.4, -0.2) is 23.8 Å². The van der Waals surface area contributed by atoms with Crippen molar-refractivity contribution in [2.24, 2.45) is 0 Å². The van der Waals surface area contributed by atoms with Crippen LogP contribution in [0.25, 0.3) is 0 Å². The highest BCUT2D eigenvalue weighted by molar-refractivity contribution is 5.66. The molecule has 3 nitrogen and oxygen atoms in total. The molecule has 0 rings (SSSR count). The first-order valence-electron chi connectivity index (χ1n) is 7.09. The summed E-state index contributed by atoms with van der Waals surface area (Å²) in [5.74, 6) is -0.287. The van der Waals surface area contributed by atoms with Crippen molar-refractivity contribution in [3.63, 3.8) is 0 Å². The van der Waals surface area contributed by atoms with Gasteiger partial charge < -0.3 is 9.84 Å². The summed E-state index contributed by atoms with van der Waals surface area (Å²) in [6, 6.07) is 0. The van der Waals surface area contributed by atoms with Gasteiger partial charge in [0.15, 0.2) is 0 Å². The van der Waals surface area contributed by atoms with Crippen LogP contribution < -0.4 is 0 Å². The lowest BCUT2D eigenvalue weighted by Crippen LogP contribution is -2.05. The molecule has 0 saturated heterocycles. The van der Waals surface area contributed by atoms with E-state index in [2.05, 4.69) is 19.9 Å². The molecule has 1 N–H and O–H groups in total. The minimum absolute atomic E-state index is 0.275. The molecule has 0 spiro atoms. The Hall–Kier alpha value is -1.35. The Morgan fingerprint density at radius 2 is 1.75 bits per heavy atom. The fourth-order valence-corrected chi connectivity index (χ4v) is 1.77. The summed E-state index contributed by atoms with van der Waals surface area (Å²) >= 11 is 0. The van der Waals surface area contributed by atoms with Crippen molar-refractivity contribution in [3.8, 4) is 0 Å². The molecule has 0 fully saturated rings. The van der Waals surface area contributed by atoms with Crippen molar-refractivity contribution in [1.82, 2.24) is 0 Å². The van der Waals surface area contributed by atoms with E-state index in [0.29, 0.717) is 6.42 Å². The van der Waals surface area contributed by atoms with Crippen molar-refractivity contribution >= 4 is 5.97 Å². The van der Waals surface area contributed by atoms with Crippen molar-refractivity contribution in [3.05, 3.63) is 34.9 Å². The SMILES string of the molecule is CC(=O)OC/C=C(\C)CC(O)/C=C(\C)CCC=C(C)C. The first-order valence-corrected chi connectivity index (χ1v) is 7.09. The largest absolute Gasteiger partial charge is 0.462 e. The highest BCUT2D eigenvalue weighted by Crippen LogP contribution is 2.12. The number of aliphatic hydroxyl groups is 1. The predicted molar refractivity (Wildman–Crippen MR) is 83.4 cm³/mol. The van der Waals surface area contributed by atoms with E-state index in [0.717, 1.165) is 18.4 Å². The Kier molecular flexibility index (Phi) is 9.73. The van der Waals surface area contributed by atoms with Crippen LogP contribution in [0.15, 0.2) is 34.9 Å². The lowest BCUT2D eigenvalue weighted by atomic mass is 10.0. The van der Waals surface area contributed by atoms with E-state index >= 15 is 0 Å². The fraction of sp³-hybridized carbons (Fsp3) is 0.588. The van der Waals surface area contributed by atoms with Crippen molar-refractivity contribution < 1.29 is 14.6 Å². The molecule has 0 heterocycles. The number of ether oxygens (including phenoxy) is 1. The molecule has 0 saturated carbocycles. The third-order valence-electron chi connectivity index (χ3n) is 2.82. The number of allylic oxidation sites excluding steroid dienone is 3. The first-order chi connectivity index (χ1) is 9.31. The molecule has 0 aromatic heterocycles. The van der Waals surface area contributed by atoms with E-state index in [1.807, 2.05) is 26.0 Å². The second-order valence-corrected chi connectivity index (χ2v) is 5.46. The standard InChI is InChI=1S/C17H28O3/c1-13(2)7-6-8-14(3)11-17(19)12-15(4)9-10-20-16(5)18/h7,9,11,17,19H,6,8,10,12H2,1-5H3/b14-11+,15-9+. The highest BCUT2D eigenvalue weighted by atomic mass is 16.5. The summed E-state index contributed by atoms with van der Waals surface area (Å²) in [5, 5.41) is 9.97. The molecule has 1 unspecified atom stereocenters. The number of hydrogen-bond acceptors (Lipinski definition) is 3. The van der Waals surface area contributed by atoms with Gasteiger partial charge in [0.2, 0.25) is 0 Å². The maximum Gasteiger partial charge on any atom is 0.302 e. The van der Waals surface area contributed by atoms with Gasteiger partial charge in [-0.1, -0.05) is 28.9 Å². The van der Waals surface area contributed by atoms with Crippen molar-refractivity contribution in [2.75, 3.05) is 6.61 Å². The van der Waals surface area contributed by atoms with Gasteiger partial charge >= 0.3 is 5.97 Å². The second-order valence-electron chi connectivity index (χ2n) is 5.46. The van der Waals surface area contributed by atoms with Crippen LogP contribution >= 0.6 is 0 Å². The van der Waals surface area contributed by atoms with Crippen molar-refractivity contribution in [1.29, 1.82) is 0 Å². The highest BCUT2D eigenvalue weighted by Gasteiger charge is 2.02. The lowest BCUT2D eigenvalue weighted by Gasteiger charge is -2.08. The molecular weight excluding hydrogens is 252 g/mol. The van der Waals surface area contributed by atoms with Crippen LogP contribution in [0, 0.1) is 0 Å². The van der Waals surface area contributed by atoms with Crippen LogP contribution in [0.5, 0.6) is 0 Å². The maximum atomic E-state index is 10.6. The average molecular weight is 280 g/mol. The number of rotatable bonds is 8. The van der Waals surface area contributed by atoms with Gasteiger partial charge in [-0.25, -0.2) is 0 Å². The molecule has 114 valence electrons. The van der Waals surface area contributed by atoms with Crippen LogP contribution in [-0.2, 0) is 9.53 Å². The van der Waals surface area contributed by atoms with Gasteiger partial charge in [0.05, 0.1) is 6.10 Å². The molecule has 20 heavy (non-hydrogen) atoms. The molecule has 0 aliphatic heterocycles. The molecule has 0 radical (unpaired) electrons. The molecule has 0 bridgehead atoms. The van der Waals surface area contributed by atoms with E-state index in [1.54, 1.807) is 0 Å². The Morgan fingerprint density at radius 3 is 2.30 bits per heavy atom. The van der Waals surface area contributed by atoms with Gasteiger partial charge in [0.1, 0.15) is 6.61 Å². The summed E-state index contributed by atoms with van der Waals surface area (Å²) < 4.78 is 4.83. The van der Waals surface area contributed by atoms with Gasteiger partial charge in [-0.15, -0.1) is 0 Å². The zero-order valence-corrected chi connectivity index (χ0v) is 13.4.